The topological polar surface area (TPSA) is 94.5 Å². The summed E-state index contributed by atoms with van der Waals surface area (Å²) < 4.78 is 10.9. The van der Waals surface area contributed by atoms with Crippen LogP contribution >= 0.6 is 0 Å². The van der Waals surface area contributed by atoms with Crippen LogP contribution in [-0.4, -0.2) is 34.6 Å². The van der Waals surface area contributed by atoms with Gasteiger partial charge < -0.3 is 14.5 Å². The smallest absolute Gasteiger partial charge is 0.309 e. The van der Waals surface area contributed by atoms with E-state index < -0.39 is 24.0 Å². The van der Waals surface area contributed by atoms with Gasteiger partial charge in [-0.3, -0.25) is 14.9 Å². The molecule has 0 aliphatic carbocycles. The van der Waals surface area contributed by atoms with Gasteiger partial charge in [-0.15, -0.1) is 0 Å². The summed E-state index contributed by atoms with van der Waals surface area (Å²) in [6, 6.07) is 13.9. The number of carbonyl (C=O) groups is 1. The van der Waals surface area contributed by atoms with Gasteiger partial charge in [0.05, 0.1) is 18.9 Å². The van der Waals surface area contributed by atoms with Gasteiger partial charge in [0.15, 0.2) is 6.10 Å². The molecule has 0 unspecified atom stereocenters. The maximum atomic E-state index is 12.1. The maximum Gasteiger partial charge on any atom is 0.309 e. The third-order valence-corrected chi connectivity index (χ3v) is 5.13. The van der Waals surface area contributed by atoms with Gasteiger partial charge >= 0.3 is 5.97 Å². The van der Waals surface area contributed by atoms with Crippen molar-refractivity contribution >= 4 is 16.9 Å². The first kappa shape index (κ1) is 18.0. The van der Waals surface area contributed by atoms with Crippen LogP contribution < -0.4 is 4.74 Å². The number of rotatable bonds is 5. The highest BCUT2D eigenvalue weighted by molar-refractivity contribution is 5.84. The number of hydrogen-bond acceptors (Lipinski definition) is 5. The molecule has 7 heteroatoms. The van der Waals surface area contributed by atoms with Crippen molar-refractivity contribution in [2.24, 2.45) is 0 Å². The lowest BCUT2D eigenvalue weighted by Crippen LogP contribution is -2.47. The van der Waals surface area contributed by atoms with Gasteiger partial charge in [0, 0.05) is 27.6 Å². The zero-order chi connectivity index (χ0) is 19.7. The normalized spacial score (nSPS) is 21.0. The highest BCUT2D eigenvalue weighted by Gasteiger charge is 2.48. The van der Waals surface area contributed by atoms with Crippen molar-refractivity contribution in [3.8, 4) is 5.75 Å². The van der Waals surface area contributed by atoms with Crippen LogP contribution in [0.5, 0.6) is 5.75 Å². The lowest BCUT2D eigenvalue weighted by molar-refractivity contribution is -0.537. The summed E-state index contributed by atoms with van der Waals surface area (Å²) in [5.41, 5.74) is 2.47. The second-order valence-electron chi connectivity index (χ2n) is 6.75. The number of hydrogen-bond donors (Lipinski definition) is 1. The minimum Gasteiger partial charge on any atom is -0.482 e. The Bertz CT molecular complexity index is 1030. The Kier molecular flexibility index (Phi) is 4.73. The number of esters is 1. The van der Waals surface area contributed by atoms with Gasteiger partial charge in [0.25, 0.3) is 6.04 Å². The molecule has 0 saturated heterocycles. The first-order valence-electron chi connectivity index (χ1n) is 9.21. The molecule has 2 heterocycles. The van der Waals surface area contributed by atoms with Crippen LogP contribution in [0.2, 0.25) is 0 Å². The molecule has 0 bridgehead atoms. The van der Waals surface area contributed by atoms with Crippen molar-refractivity contribution in [2.45, 2.75) is 31.4 Å². The van der Waals surface area contributed by atoms with Crippen molar-refractivity contribution in [1.29, 1.82) is 0 Å². The molecular formula is C21H20N2O5. The van der Waals surface area contributed by atoms with Gasteiger partial charge in [0.2, 0.25) is 0 Å². The largest absolute Gasteiger partial charge is 0.482 e. The average Bonchev–Trinajstić information content (AvgIpc) is 3.10. The Labute approximate surface area is 161 Å². The fourth-order valence-corrected chi connectivity index (χ4v) is 3.98. The summed E-state index contributed by atoms with van der Waals surface area (Å²) in [6.45, 7) is 1.92. The molecule has 28 heavy (non-hydrogen) atoms. The van der Waals surface area contributed by atoms with E-state index in [-0.39, 0.29) is 18.0 Å². The standard InChI is InChI=1S/C21H20N2O5/c1-2-27-19(24)11-18-21(23(25)26)20(14-8-4-6-10-17(14)28-18)15-12-22-16-9-5-3-7-13(15)16/h3-10,12,18,20-22H,2,11H2,1H3/t18-,20+,21-/m0/s1. The highest BCUT2D eigenvalue weighted by atomic mass is 16.6. The molecule has 0 spiro atoms. The molecule has 1 N–H and O–H groups in total. The van der Waals surface area contributed by atoms with Crippen molar-refractivity contribution in [3.63, 3.8) is 0 Å². The quantitative estimate of drug-likeness (QED) is 0.414. The van der Waals surface area contributed by atoms with Gasteiger partial charge in [-0.2, -0.15) is 0 Å². The first-order chi connectivity index (χ1) is 13.6. The van der Waals surface area contributed by atoms with E-state index in [1.54, 1.807) is 13.0 Å². The molecule has 1 aliphatic rings. The molecule has 0 amide bonds. The number of benzene rings is 2. The Balaban J connectivity index is 1.85. The van der Waals surface area contributed by atoms with E-state index in [1.807, 2.05) is 48.7 Å². The van der Waals surface area contributed by atoms with E-state index >= 15 is 0 Å². The fraction of sp³-hybridized carbons (Fsp3) is 0.286. The number of fused-ring (bicyclic) bond motifs is 2. The van der Waals surface area contributed by atoms with Crippen LogP contribution in [0.15, 0.2) is 54.7 Å². The van der Waals surface area contributed by atoms with Crippen LogP contribution in [0, 0.1) is 10.1 Å². The van der Waals surface area contributed by atoms with Crippen LogP contribution in [-0.2, 0) is 9.53 Å². The molecule has 1 aromatic heterocycles. The molecule has 7 nitrogen and oxygen atoms in total. The number of para-hydroxylation sites is 2. The minimum absolute atomic E-state index is 0.174. The monoisotopic (exact) mass is 380 g/mol. The van der Waals surface area contributed by atoms with Crippen LogP contribution in [0.3, 0.4) is 0 Å². The van der Waals surface area contributed by atoms with Crippen molar-refractivity contribution in [3.05, 3.63) is 76.0 Å². The third kappa shape index (κ3) is 3.09. The molecular weight excluding hydrogens is 360 g/mol. The number of nitrogens with zero attached hydrogens (tertiary/aromatic N) is 1. The van der Waals surface area contributed by atoms with Gasteiger partial charge in [-0.25, -0.2) is 0 Å². The van der Waals surface area contributed by atoms with Crippen molar-refractivity contribution < 1.29 is 19.2 Å². The average molecular weight is 380 g/mol. The molecule has 144 valence electrons. The van der Waals surface area contributed by atoms with Crippen LogP contribution in [0.25, 0.3) is 10.9 Å². The zero-order valence-electron chi connectivity index (χ0n) is 15.3. The van der Waals surface area contributed by atoms with E-state index in [0.717, 1.165) is 22.0 Å². The summed E-state index contributed by atoms with van der Waals surface area (Å²) in [4.78, 5) is 27.0. The van der Waals surface area contributed by atoms with E-state index in [0.29, 0.717) is 5.75 Å². The number of nitro groups is 1. The van der Waals surface area contributed by atoms with Crippen LogP contribution in [0.4, 0.5) is 0 Å². The van der Waals surface area contributed by atoms with Gasteiger partial charge in [-0.1, -0.05) is 36.4 Å². The molecule has 3 aromatic rings. The van der Waals surface area contributed by atoms with Crippen LogP contribution in [0.1, 0.15) is 30.4 Å². The Morgan fingerprint density at radius 3 is 2.71 bits per heavy atom. The molecule has 3 atom stereocenters. The summed E-state index contributed by atoms with van der Waals surface area (Å²) in [5.74, 6) is -0.489. The number of aromatic nitrogens is 1. The molecule has 0 radical (unpaired) electrons. The van der Waals surface area contributed by atoms with Crippen molar-refractivity contribution in [1.82, 2.24) is 4.98 Å². The van der Waals surface area contributed by atoms with Crippen molar-refractivity contribution in [2.75, 3.05) is 6.61 Å². The lowest BCUT2D eigenvalue weighted by atomic mass is 9.79. The van der Waals surface area contributed by atoms with E-state index in [2.05, 4.69) is 4.98 Å². The SMILES string of the molecule is CCOC(=O)C[C@@H]1Oc2ccccc2[C@H](c2c[nH]c3ccccc23)[C@H]1[N+](=O)[O-]. The molecule has 2 aromatic carbocycles. The molecule has 1 aliphatic heterocycles. The summed E-state index contributed by atoms with van der Waals surface area (Å²) in [7, 11) is 0. The minimum atomic E-state index is -1.11. The summed E-state index contributed by atoms with van der Waals surface area (Å²) >= 11 is 0. The fourth-order valence-electron chi connectivity index (χ4n) is 3.98. The number of H-pyrrole nitrogens is 1. The zero-order valence-corrected chi connectivity index (χ0v) is 15.3. The second-order valence-corrected chi connectivity index (χ2v) is 6.75. The number of aromatic amines is 1. The number of carbonyl (C=O) groups excluding carboxylic acids is 1. The highest BCUT2D eigenvalue weighted by Crippen LogP contribution is 2.44. The third-order valence-electron chi connectivity index (χ3n) is 5.13. The number of ether oxygens (including phenoxy) is 2. The van der Waals surface area contributed by atoms with E-state index in [4.69, 9.17) is 9.47 Å². The van der Waals surface area contributed by atoms with Gasteiger partial charge in [-0.05, 0) is 24.6 Å². The molecule has 0 saturated carbocycles. The number of nitrogens with one attached hydrogen (secondary N) is 1. The maximum absolute atomic E-state index is 12.1. The summed E-state index contributed by atoms with van der Waals surface area (Å²) in [6.07, 6.45) is 0.727. The summed E-state index contributed by atoms with van der Waals surface area (Å²) in [5, 5.41) is 13.0. The Morgan fingerprint density at radius 2 is 1.93 bits per heavy atom. The second kappa shape index (κ2) is 7.34. The first-order valence-corrected chi connectivity index (χ1v) is 9.21. The molecule has 0 fully saturated rings. The Hall–Kier alpha value is -3.35. The van der Waals surface area contributed by atoms with E-state index in [1.165, 1.54) is 0 Å². The predicted octanol–water partition coefficient (Wildman–Crippen LogP) is 3.66. The van der Waals surface area contributed by atoms with Gasteiger partial charge in [0.1, 0.15) is 5.75 Å². The molecule has 4 rings (SSSR count). The predicted molar refractivity (Wildman–Crippen MR) is 103 cm³/mol. The Morgan fingerprint density at radius 1 is 1.18 bits per heavy atom. The lowest BCUT2D eigenvalue weighted by Gasteiger charge is -2.34. The van der Waals surface area contributed by atoms with E-state index in [9.17, 15) is 14.9 Å².